The number of aliphatic hydroxyl groups excluding tert-OH is 1. The number of benzene rings is 1. The first-order chi connectivity index (χ1) is 13.2. The summed E-state index contributed by atoms with van der Waals surface area (Å²) in [5, 5.41) is 24.1. The maximum absolute atomic E-state index is 10.8. The molecule has 3 heterocycles. The van der Waals surface area contributed by atoms with Crippen LogP contribution in [0.25, 0.3) is 4.96 Å². The molecule has 2 aromatic heterocycles. The van der Waals surface area contributed by atoms with Gasteiger partial charge in [-0.2, -0.15) is 9.61 Å². The molecule has 0 amide bonds. The number of hydrogen-bond acceptors (Lipinski definition) is 8. The van der Waals surface area contributed by atoms with E-state index in [1.807, 2.05) is 18.2 Å². The quantitative estimate of drug-likeness (QED) is 0.655. The van der Waals surface area contributed by atoms with E-state index >= 15 is 0 Å². The molecule has 4 rings (SSSR count). The minimum Gasteiger partial charge on any atom is -0.497 e. The van der Waals surface area contributed by atoms with Gasteiger partial charge in [0.05, 0.1) is 24.6 Å². The molecule has 9 heteroatoms. The van der Waals surface area contributed by atoms with E-state index in [1.165, 1.54) is 22.2 Å². The number of rotatable bonds is 6. The number of ether oxygens (including phenoxy) is 1. The van der Waals surface area contributed by atoms with Crippen LogP contribution < -0.4 is 4.74 Å². The lowest BCUT2D eigenvalue weighted by Gasteiger charge is -2.39. The van der Waals surface area contributed by atoms with Crippen molar-refractivity contribution in [1.29, 1.82) is 0 Å². The highest BCUT2D eigenvalue weighted by Crippen LogP contribution is 2.40. The van der Waals surface area contributed by atoms with Crippen molar-refractivity contribution in [2.24, 2.45) is 0 Å². The summed E-state index contributed by atoms with van der Waals surface area (Å²) < 4.78 is 6.89. The van der Waals surface area contributed by atoms with Crippen molar-refractivity contribution < 1.29 is 14.9 Å². The van der Waals surface area contributed by atoms with Gasteiger partial charge in [0.1, 0.15) is 12.1 Å². The highest BCUT2D eigenvalue weighted by Gasteiger charge is 2.31. The van der Waals surface area contributed by atoms with E-state index in [2.05, 4.69) is 25.9 Å². The molecule has 8 nitrogen and oxygen atoms in total. The smallest absolute Gasteiger partial charge is 0.230 e. The van der Waals surface area contributed by atoms with Crippen molar-refractivity contribution in [1.82, 2.24) is 24.4 Å². The average molecular weight is 389 g/mol. The molecule has 2 N–H and O–H groups in total. The lowest BCUT2D eigenvalue weighted by Crippen LogP contribution is -2.48. The molecule has 144 valence electrons. The third-order valence-electron chi connectivity index (χ3n) is 4.98. The van der Waals surface area contributed by atoms with Crippen molar-refractivity contribution in [2.75, 3.05) is 46.4 Å². The summed E-state index contributed by atoms with van der Waals surface area (Å²) in [6.07, 6.45) is 1.45. The van der Waals surface area contributed by atoms with Crippen LogP contribution in [-0.4, -0.2) is 81.1 Å². The zero-order valence-corrected chi connectivity index (χ0v) is 16.0. The second-order valence-corrected chi connectivity index (χ2v) is 7.53. The Kier molecular flexibility index (Phi) is 5.26. The number of thiazole rings is 1. The van der Waals surface area contributed by atoms with Gasteiger partial charge in [-0.25, -0.2) is 4.98 Å². The maximum atomic E-state index is 10.8. The lowest BCUT2D eigenvalue weighted by atomic mass is 10.0. The molecule has 0 unspecified atom stereocenters. The number of aromatic hydroxyl groups is 1. The van der Waals surface area contributed by atoms with Crippen molar-refractivity contribution in [2.45, 2.75) is 6.04 Å². The number of piperazine rings is 1. The van der Waals surface area contributed by atoms with E-state index < -0.39 is 0 Å². The first kappa shape index (κ1) is 18.2. The molecule has 3 aromatic rings. The van der Waals surface area contributed by atoms with Gasteiger partial charge < -0.3 is 14.9 Å². The van der Waals surface area contributed by atoms with E-state index in [-0.39, 0.29) is 18.5 Å². The lowest BCUT2D eigenvalue weighted by molar-refractivity contribution is 0.0945. The molecule has 1 aliphatic rings. The SMILES string of the molecule is COc1cccc([C@@H](c2sc3ncnn3c2O)N2CCN(CCO)CC2)c1. The molecule has 1 aromatic carbocycles. The van der Waals surface area contributed by atoms with Crippen molar-refractivity contribution in [3.05, 3.63) is 41.0 Å². The first-order valence-electron chi connectivity index (χ1n) is 8.94. The number of methoxy groups -OCH3 is 1. The van der Waals surface area contributed by atoms with Crippen LogP contribution in [0.5, 0.6) is 11.6 Å². The van der Waals surface area contributed by atoms with Crippen LogP contribution in [0.3, 0.4) is 0 Å². The molecular formula is C18H23N5O3S. The topological polar surface area (TPSA) is 86.4 Å². The van der Waals surface area contributed by atoms with Crippen LogP contribution >= 0.6 is 11.3 Å². The van der Waals surface area contributed by atoms with E-state index in [0.29, 0.717) is 11.5 Å². The molecule has 27 heavy (non-hydrogen) atoms. The number of nitrogens with zero attached hydrogens (tertiary/aromatic N) is 5. The minimum atomic E-state index is -0.107. The summed E-state index contributed by atoms with van der Waals surface area (Å²) >= 11 is 1.45. The van der Waals surface area contributed by atoms with E-state index in [4.69, 9.17) is 4.74 Å². The molecule has 1 fully saturated rings. The second kappa shape index (κ2) is 7.81. The zero-order valence-electron chi connectivity index (χ0n) is 15.2. The Labute approximate surface area is 161 Å². The number of hydrogen-bond donors (Lipinski definition) is 2. The predicted octanol–water partition coefficient (Wildman–Crippen LogP) is 1.20. The summed E-state index contributed by atoms with van der Waals surface area (Å²) in [5.41, 5.74) is 1.06. The van der Waals surface area contributed by atoms with Crippen molar-refractivity contribution in [3.8, 4) is 11.6 Å². The summed E-state index contributed by atoms with van der Waals surface area (Å²) in [6, 6.07) is 7.85. The molecule has 0 radical (unpaired) electrons. The van der Waals surface area contributed by atoms with Crippen LogP contribution in [0.2, 0.25) is 0 Å². The van der Waals surface area contributed by atoms with Gasteiger partial charge in [0.25, 0.3) is 0 Å². The summed E-state index contributed by atoms with van der Waals surface area (Å²) in [4.78, 5) is 10.3. The number of fused-ring (bicyclic) bond motifs is 1. The molecule has 0 bridgehead atoms. The Morgan fingerprint density at radius 1 is 1.26 bits per heavy atom. The van der Waals surface area contributed by atoms with Crippen molar-refractivity contribution in [3.63, 3.8) is 0 Å². The fourth-order valence-electron chi connectivity index (χ4n) is 3.60. The van der Waals surface area contributed by atoms with Gasteiger partial charge in [0.15, 0.2) is 0 Å². The highest BCUT2D eigenvalue weighted by atomic mass is 32.1. The van der Waals surface area contributed by atoms with Gasteiger partial charge in [-0.05, 0) is 17.7 Å². The third kappa shape index (κ3) is 3.51. The van der Waals surface area contributed by atoms with Crippen LogP contribution in [0.15, 0.2) is 30.6 Å². The molecule has 0 aliphatic carbocycles. The van der Waals surface area contributed by atoms with Crippen LogP contribution in [-0.2, 0) is 0 Å². The Morgan fingerprint density at radius 3 is 2.78 bits per heavy atom. The van der Waals surface area contributed by atoms with E-state index in [1.54, 1.807) is 7.11 Å². The first-order valence-corrected chi connectivity index (χ1v) is 9.75. The number of aromatic nitrogens is 3. The van der Waals surface area contributed by atoms with Crippen LogP contribution in [0, 0.1) is 0 Å². The minimum absolute atomic E-state index is 0.107. The molecule has 1 saturated heterocycles. The van der Waals surface area contributed by atoms with Gasteiger partial charge in [-0.3, -0.25) is 9.80 Å². The molecule has 0 saturated carbocycles. The van der Waals surface area contributed by atoms with Gasteiger partial charge in [0, 0.05) is 32.7 Å². The monoisotopic (exact) mass is 389 g/mol. The maximum Gasteiger partial charge on any atom is 0.230 e. The van der Waals surface area contributed by atoms with Crippen LogP contribution in [0.1, 0.15) is 16.5 Å². The second-order valence-electron chi connectivity index (χ2n) is 6.52. The highest BCUT2D eigenvalue weighted by molar-refractivity contribution is 7.17. The Hall–Kier alpha value is -2.20. The van der Waals surface area contributed by atoms with E-state index in [0.717, 1.165) is 42.4 Å². The molecule has 0 spiro atoms. The standard InChI is InChI=1S/C18H23N5O3S/c1-26-14-4-2-3-13(11-14)15(22-7-5-21(6-8-22)9-10-24)16-17(25)23-18(27-16)19-12-20-23/h2-4,11-12,15,24-25H,5-10H2,1H3/t15-/m0/s1. The van der Waals surface area contributed by atoms with Crippen LogP contribution in [0.4, 0.5) is 0 Å². The Balaban J connectivity index is 1.71. The fourth-order valence-corrected chi connectivity index (χ4v) is 4.69. The van der Waals surface area contributed by atoms with E-state index in [9.17, 15) is 10.2 Å². The number of aliphatic hydroxyl groups is 1. The fraction of sp³-hybridized carbons (Fsp3) is 0.444. The zero-order chi connectivity index (χ0) is 18.8. The third-order valence-corrected chi connectivity index (χ3v) is 6.07. The van der Waals surface area contributed by atoms with Gasteiger partial charge in [-0.1, -0.05) is 23.5 Å². The largest absolute Gasteiger partial charge is 0.497 e. The summed E-state index contributed by atoms with van der Waals surface area (Å²) in [5.74, 6) is 0.925. The summed E-state index contributed by atoms with van der Waals surface area (Å²) in [7, 11) is 1.66. The molecule has 1 aliphatic heterocycles. The predicted molar refractivity (Wildman–Crippen MR) is 102 cm³/mol. The van der Waals surface area contributed by atoms with Gasteiger partial charge in [0.2, 0.25) is 10.8 Å². The average Bonchev–Trinajstić information content (AvgIpc) is 3.27. The Bertz CT molecular complexity index is 903. The van der Waals surface area contributed by atoms with Gasteiger partial charge in [-0.15, -0.1) is 0 Å². The molecular weight excluding hydrogens is 366 g/mol. The Morgan fingerprint density at radius 2 is 2.07 bits per heavy atom. The number of β-amino-alcohol motifs (C(OH)–C–C–N with tert-alkyl or cyclic N) is 1. The molecule has 1 atom stereocenters. The van der Waals surface area contributed by atoms with Gasteiger partial charge >= 0.3 is 0 Å². The normalized spacial score (nSPS) is 17.4. The van der Waals surface area contributed by atoms with Crippen molar-refractivity contribution >= 4 is 16.3 Å². The summed E-state index contributed by atoms with van der Waals surface area (Å²) in [6.45, 7) is 4.31.